The molecule has 0 bridgehead atoms. The van der Waals surface area contributed by atoms with E-state index < -0.39 is 17.9 Å². The summed E-state index contributed by atoms with van der Waals surface area (Å²) in [5.74, 6) is -2.41. The molecule has 0 heterocycles. The lowest BCUT2D eigenvalue weighted by Gasteiger charge is -2.10. The molecule has 5 heteroatoms. The first-order chi connectivity index (χ1) is 10.1. The molecule has 112 valence electrons. The van der Waals surface area contributed by atoms with Crippen molar-refractivity contribution >= 4 is 24.3 Å². The van der Waals surface area contributed by atoms with Gasteiger partial charge < -0.3 is 9.47 Å². The van der Waals surface area contributed by atoms with E-state index in [0.29, 0.717) is 11.1 Å². The van der Waals surface area contributed by atoms with E-state index in [1.54, 1.807) is 44.2 Å². The van der Waals surface area contributed by atoms with Crippen molar-refractivity contribution in [3.05, 3.63) is 41.5 Å². The molecule has 0 aromatic heterocycles. The fourth-order valence-corrected chi connectivity index (χ4v) is 1.66. The van der Waals surface area contributed by atoms with Gasteiger partial charge in [0.05, 0.1) is 13.2 Å². The Bertz CT molecular complexity index is 515. The first-order valence-electron chi connectivity index (χ1n) is 6.69. The van der Waals surface area contributed by atoms with Gasteiger partial charge in [0.25, 0.3) is 0 Å². The Morgan fingerprint density at radius 3 is 2.19 bits per heavy atom. The van der Waals surface area contributed by atoms with Crippen molar-refractivity contribution in [2.45, 2.75) is 13.8 Å². The quantitative estimate of drug-likeness (QED) is 0.437. The van der Waals surface area contributed by atoms with E-state index in [9.17, 15) is 14.4 Å². The summed E-state index contributed by atoms with van der Waals surface area (Å²) in [7, 11) is 0. The molecule has 0 spiro atoms. The second kappa shape index (κ2) is 8.68. The largest absolute Gasteiger partial charge is 0.465 e. The van der Waals surface area contributed by atoms with Crippen molar-refractivity contribution < 1.29 is 23.9 Å². The zero-order chi connectivity index (χ0) is 15.7. The number of ether oxygens (including phenoxy) is 2. The lowest BCUT2D eigenvalue weighted by atomic mass is 10.1. The highest BCUT2D eigenvalue weighted by molar-refractivity contribution is 5.97. The third-order valence-corrected chi connectivity index (χ3v) is 2.61. The van der Waals surface area contributed by atoms with E-state index in [0.717, 1.165) is 6.29 Å². The van der Waals surface area contributed by atoms with Gasteiger partial charge in [-0.2, -0.15) is 0 Å². The number of hydrogen-bond donors (Lipinski definition) is 0. The minimum atomic E-state index is -1.11. The standard InChI is InChI=1S/C16H18O5/c1-3-20-15(18)14(16(19)21-4-2)9-8-12-6-5-7-13(10-12)11-17/h5-11,14H,3-4H2,1-2H3. The van der Waals surface area contributed by atoms with Gasteiger partial charge in [0.2, 0.25) is 0 Å². The zero-order valence-corrected chi connectivity index (χ0v) is 12.1. The first-order valence-corrected chi connectivity index (χ1v) is 6.69. The molecule has 1 aromatic carbocycles. The molecule has 1 aromatic rings. The third-order valence-electron chi connectivity index (χ3n) is 2.61. The Morgan fingerprint density at radius 1 is 1.10 bits per heavy atom. The number of carbonyl (C=O) groups excluding carboxylic acids is 3. The van der Waals surface area contributed by atoms with E-state index in [1.807, 2.05) is 0 Å². The van der Waals surface area contributed by atoms with Crippen LogP contribution in [0.2, 0.25) is 0 Å². The van der Waals surface area contributed by atoms with Crippen LogP contribution in [0.3, 0.4) is 0 Å². The maximum absolute atomic E-state index is 11.8. The van der Waals surface area contributed by atoms with Crippen LogP contribution in [0.1, 0.15) is 29.8 Å². The van der Waals surface area contributed by atoms with Gasteiger partial charge in [0.1, 0.15) is 6.29 Å². The highest BCUT2D eigenvalue weighted by Gasteiger charge is 2.26. The molecule has 0 aliphatic heterocycles. The van der Waals surface area contributed by atoms with Gasteiger partial charge in [-0.25, -0.2) is 0 Å². The van der Waals surface area contributed by atoms with E-state index in [1.165, 1.54) is 6.08 Å². The van der Waals surface area contributed by atoms with Crippen molar-refractivity contribution in [3.8, 4) is 0 Å². The minimum absolute atomic E-state index is 0.184. The number of carbonyl (C=O) groups is 3. The van der Waals surface area contributed by atoms with Crippen molar-refractivity contribution in [2.75, 3.05) is 13.2 Å². The molecule has 5 nitrogen and oxygen atoms in total. The Labute approximate surface area is 123 Å². The third kappa shape index (κ3) is 5.22. The number of hydrogen-bond acceptors (Lipinski definition) is 5. The van der Waals surface area contributed by atoms with Gasteiger partial charge in [0.15, 0.2) is 5.92 Å². The van der Waals surface area contributed by atoms with Crippen molar-refractivity contribution in [3.63, 3.8) is 0 Å². The molecule has 0 unspecified atom stereocenters. The summed E-state index contributed by atoms with van der Waals surface area (Å²) in [5.41, 5.74) is 1.22. The molecule has 0 fully saturated rings. The number of rotatable bonds is 7. The molecule has 0 radical (unpaired) electrons. The maximum Gasteiger partial charge on any atom is 0.324 e. The van der Waals surface area contributed by atoms with Crippen LogP contribution < -0.4 is 0 Å². The maximum atomic E-state index is 11.8. The molecule has 0 aliphatic carbocycles. The smallest absolute Gasteiger partial charge is 0.324 e. The second-order valence-corrected chi connectivity index (χ2v) is 4.13. The van der Waals surface area contributed by atoms with Crippen LogP contribution in [0.4, 0.5) is 0 Å². The predicted molar refractivity (Wildman–Crippen MR) is 77.6 cm³/mol. The Balaban J connectivity index is 2.93. The van der Waals surface area contributed by atoms with Crippen LogP contribution >= 0.6 is 0 Å². The van der Waals surface area contributed by atoms with Crippen molar-refractivity contribution in [1.82, 2.24) is 0 Å². The molecule has 0 aliphatic rings. The van der Waals surface area contributed by atoms with Gasteiger partial charge >= 0.3 is 11.9 Å². The fourth-order valence-electron chi connectivity index (χ4n) is 1.66. The SMILES string of the molecule is CCOC(=O)C(C=Cc1cccc(C=O)c1)C(=O)OCC. The summed E-state index contributed by atoms with van der Waals surface area (Å²) in [5, 5.41) is 0. The molecule has 0 N–H and O–H groups in total. The highest BCUT2D eigenvalue weighted by atomic mass is 16.6. The predicted octanol–water partition coefficient (Wildman–Crippen LogP) is 2.25. The average Bonchev–Trinajstić information content (AvgIpc) is 2.48. The summed E-state index contributed by atoms with van der Waals surface area (Å²) < 4.78 is 9.72. The lowest BCUT2D eigenvalue weighted by Crippen LogP contribution is -2.26. The summed E-state index contributed by atoms with van der Waals surface area (Å²) in [6.45, 7) is 3.70. The Morgan fingerprint density at radius 2 is 1.67 bits per heavy atom. The number of benzene rings is 1. The van der Waals surface area contributed by atoms with Crippen LogP contribution in [0.25, 0.3) is 6.08 Å². The summed E-state index contributed by atoms with van der Waals surface area (Å²) in [6, 6.07) is 6.79. The number of esters is 2. The van der Waals surface area contributed by atoms with Crippen LogP contribution in [0.15, 0.2) is 30.3 Å². The topological polar surface area (TPSA) is 69.7 Å². The lowest BCUT2D eigenvalue weighted by molar-refractivity contribution is -0.158. The highest BCUT2D eigenvalue weighted by Crippen LogP contribution is 2.11. The summed E-state index contributed by atoms with van der Waals surface area (Å²) in [4.78, 5) is 34.3. The van der Waals surface area contributed by atoms with Crippen molar-refractivity contribution in [2.24, 2.45) is 5.92 Å². The monoisotopic (exact) mass is 290 g/mol. The minimum Gasteiger partial charge on any atom is -0.465 e. The molecular formula is C16H18O5. The Hall–Kier alpha value is -2.43. The van der Waals surface area contributed by atoms with Gasteiger partial charge in [-0.15, -0.1) is 0 Å². The molecule has 21 heavy (non-hydrogen) atoms. The number of aldehydes is 1. The van der Waals surface area contributed by atoms with Crippen LogP contribution in [-0.4, -0.2) is 31.4 Å². The van der Waals surface area contributed by atoms with Gasteiger partial charge in [-0.05, 0) is 25.5 Å². The molecule has 0 saturated carbocycles. The second-order valence-electron chi connectivity index (χ2n) is 4.13. The summed E-state index contributed by atoms with van der Waals surface area (Å²) in [6.07, 6.45) is 3.73. The molecule has 1 rings (SSSR count). The fraction of sp³-hybridized carbons (Fsp3) is 0.312. The van der Waals surface area contributed by atoms with E-state index >= 15 is 0 Å². The van der Waals surface area contributed by atoms with Gasteiger partial charge in [-0.3, -0.25) is 14.4 Å². The Kier molecular flexibility index (Phi) is 6.87. The average molecular weight is 290 g/mol. The molecule has 0 saturated heterocycles. The summed E-state index contributed by atoms with van der Waals surface area (Å²) >= 11 is 0. The van der Waals surface area contributed by atoms with Gasteiger partial charge in [0, 0.05) is 5.56 Å². The molecular weight excluding hydrogens is 272 g/mol. The van der Waals surface area contributed by atoms with E-state index in [4.69, 9.17) is 9.47 Å². The molecule has 0 atom stereocenters. The van der Waals surface area contributed by atoms with Gasteiger partial charge in [-0.1, -0.05) is 30.4 Å². The molecule has 0 amide bonds. The van der Waals surface area contributed by atoms with E-state index in [2.05, 4.69) is 0 Å². The van der Waals surface area contributed by atoms with Crippen molar-refractivity contribution in [1.29, 1.82) is 0 Å². The zero-order valence-electron chi connectivity index (χ0n) is 12.1. The normalized spacial score (nSPS) is 10.6. The van der Waals surface area contributed by atoms with Crippen LogP contribution in [0, 0.1) is 5.92 Å². The first kappa shape index (κ1) is 16.6. The van der Waals surface area contributed by atoms with E-state index in [-0.39, 0.29) is 13.2 Å². The van der Waals surface area contributed by atoms with Crippen LogP contribution in [0.5, 0.6) is 0 Å². The van der Waals surface area contributed by atoms with Crippen LogP contribution in [-0.2, 0) is 19.1 Å².